The van der Waals surface area contributed by atoms with Crippen molar-refractivity contribution in [1.29, 1.82) is 0 Å². The van der Waals surface area contributed by atoms with Crippen molar-refractivity contribution >= 4 is 5.97 Å². The zero-order valence-corrected chi connectivity index (χ0v) is 11.9. The summed E-state index contributed by atoms with van der Waals surface area (Å²) in [7, 11) is 0. The Labute approximate surface area is 115 Å². The Morgan fingerprint density at radius 1 is 1.32 bits per heavy atom. The summed E-state index contributed by atoms with van der Waals surface area (Å²) in [6.45, 7) is 6.58. The predicted octanol–water partition coefficient (Wildman–Crippen LogP) is 3.62. The summed E-state index contributed by atoms with van der Waals surface area (Å²) in [6.07, 6.45) is 5.26. The van der Waals surface area contributed by atoms with E-state index in [1.54, 1.807) is 0 Å². The van der Waals surface area contributed by atoms with E-state index in [1.807, 2.05) is 25.1 Å². The first-order valence-electron chi connectivity index (χ1n) is 6.94. The van der Waals surface area contributed by atoms with Crippen molar-refractivity contribution in [3.8, 4) is 0 Å². The molecular weight excluding hydrogens is 236 g/mol. The summed E-state index contributed by atoms with van der Waals surface area (Å²) < 4.78 is 5.12. The number of ether oxygens (including phenoxy) is 1. The Balaban J connectivity index is 1.91. The normalized spacial score (nSPS) is 24.4. The zero-order valence-electron chi connectivity index (χ0n) is 11.9. The van der Waals surface area contributed by atoms with Gasteiger partial charge in [-0.25, -0.2) is 0 Å². The molecule has 2 heteroatoms. The summed E-state index contributed by atoms with van der Waals surface area (Å²) in [5.74, 6) is 0.289. The van der Waals surface area contributed by atoms with Crippen molar-refractivity contribution in [2.45, 2.75) is 27.2 Å². The molecule has 0 amide bonds. The molecule has 2 atom stereocenters. The standard InChI is InChI=1S/C17H22O2/c1-4-19-16(18)15-14(17(15,2)3)12-8-11-13-9-6-5-7-10-13/h5-10,12,14-15H,4,11H2,1-3H3/b12-8+. The van der Waals surface area contributed by atoms with Crippen LogP contribution in [0.4, 0.5) is 0 Å². The third-order valence-corrected chi connectivity index (χ3v) is 3.99. The molecule has 0 aromatic heterocycles. The fourth-order valence-electron chi connectivity index (χ4n) is 2.68. The number of allylic oxidation sites excluding steroid dienone is 2. The Kier molecular flexibility index (Phi) is 4.08. The van der Waals surface area contributed by atoms with Crippen LogP contribution in [0.25, 0.3) is 0 Å². The van der Waals surface area contributed by atoms with Crippen molar-refractivity contribution in [3.05, 3.63) is 48.0 Å². The van der Waals surface area contributed by atoms with Crippen molar-refractivity contribution < 1.29 is 9.53 Å². The van der Waals surface area contributed by atoms with Gasteiger partial charge in [-0.05, 0) is 30.2 Å². The maximum Gasteiger partial charge on any atom is 0.310 e. The Bertz CT molecular complexity index is 459. The summed E-state index contributed by atoms with van der Waals surface area (Å²) in [6, 6.07) is 10.3. The summed E-state index contributed by atoms with van der Waals surface area (Å²) in [5, 5.41) is 0. The molecule has 1 aromatic rings. The molecule has 0 aliphatic heterocycles. The van der Waals surface area contributed by atoms with Crippen LogP contribution >= 0.6 is 0 Å². The molecule has 19 heavy (non-hydrogen) atoms. The van der Waals surface area contributed by atoms with Gasteiger partial charge >= 0.3 is 5.97 Å². The zero-order chi connectivity index (χ0) is 13.9. The molecule has 0 radical (unpaired) electrons. The van der Waals surface area contributed by atoms with E-state index in [2.05, 4.69) is 38.1 Å². The first-order valence-corrected chi connectivity index (χ1v) is 6.94. The molecule has 1 aliphatic rings. The van der Waals surface area contributed by atoms with Crippen LogP contribution in [0.1, 0.15) is 26.3 Å². The SMILES string of the molecule is CCOC(=O)C1C(/C=C/Cc2ccccc2)C1(C)C. The molecular formula is C17H22O2. The van der Waals surface area contributed by atoms with E-state index >= 15 is 0 Å². The molecule has 0 saturated heterocycles. The van der Waals surface area contributed by atoms with Crippen molar-refractivity contribution in [2.24, 2.45) is 17.3 Å². The van der Waals surface area contributed by atoms with Crippen molar-refractivity contribution in [3.63, 3.8) is 0 Å². The van der Waals surface area contributed by atoms with E-state index in [1.165, 1.54) is 5.56 Å². The molecule has 0 spiro atoms. The van der Waals surface area contributed by atoms with Crippen LogP contribution < -0.4 is 0 Å². The Morgan fingerprint density at radius 3 is 2.63 bits per heavy atom. The van der Waals surface area contributed by atoms with Gasteiger partial charge in [-0.1, -0.05) is 56.3 Å². The first kappa shape index (κ1) is 13.9. The molecule has 102 valence electrons. The lowest BCUT2D eigenvalue weighted by molar-refractivity contribution is -0.145. The Hall–Kier alpha value is -1.57. The van der Waals surface area contributed by atoms with Crippen LogP contribution in [-0.2, 0) is 16.0 Å². The number of carbonyl (C=O) groups is 1. The minimum atomic E-state index is -0.0538. The second-order valence-electron chi connectivity index (χ2n) is 5.69. The van der Waals surface area contributed by atoms with E-state index in [0.29, 0.717) is 12.5 Å². The third-order valence-electron chi connectivity index (χ3n) is 3.99. The number of hydrogen-bond acceptors (Lipinski definition) is 2. The van der Waals surface area contributed by atoms with Gasteiger partial charge in [0.15, 0.2) is 0 Å². The summed E-state index contributed by atoms with van der Waals surface area (Å²) in [4.78, 5) is 11.8. The molecule has 1 aromatic carbocycles. The van der Waals surface area contributed by atoms with Gasteiger partial charge in [0.2, 0.25) is 0 Å². The van der Waals surface area contributed by atoms with Gasteiger partial charge < -0.3 is 4.74 Å². The molecule has 2 rings (SSSR count). The van der Waals surface area contributed by atoms with Crippen LogP contribution in [0.2, 0.25) is 0 Å². The lowest BCUT2D eigenvalue weighted by atomic mass is 10.1. The van der Waals surface area contributed by atoms with Crippen LogP contribution in [0, 0.1) is 17.3 Å². The molecule has 0 N–H and O–H groups in total. The van der Waals surface area contributed by atoms with Crippen LogP contribution in [-0.4, -0.2) is 12.6 Å². The van der Waals surface area contributed by atoms with Crippen molar-refractivity contribution in [2.75, 3.05) is 6.61 Å². The summed E-state index contributed by atoms with van der Waals surface area (Å²) in [5.41, 5.74) is 1.34. The van der Waals surface area contributed by atoms with Crippen LogP contribution in [0.3, 0.4) is 0 Å². The van der Waals surface area contributed by atoms with Crippen molar-refractivity contribution in [1.82, 2.24) is 0 Å². The predicted molar refractivity (Wildman–Crippen MR) is 76.7 cm³/mol. The first-order chi connectivity index (χ1) is 9.07. The topological polar surface area (TPSA) is 26.3 Å². The van der Waals surface area contributed by atoms with E-state index in [-0.39, 0.29) is 17.3 Å². The lowest BCUT2D eigenvalue weighted by Crippen LogP contribution is -2.10. The quantitative estimate of drug-likeness (QED) is 0.595. The maximum absolute atomic E-state index is 11.8. The fourth-order valence-corrected chi connectivity index (χ4v) is 2.68. The third kappa shape index (κ3) is 3.06. The van der Waals surface area contributed by atoms with Gasteiger partial charge in [0.05, 0.1) is 12.5 Å². The van der Waals surface area contributed by atoms with E-state index in [4.69, 9.17) is 4.74 Å². The van der Waals surface area contributed by atoms with Gasteiger partial charge in [0.1, 0.15) is 0 Å². The monoisotopic (exact) mass is 258 g/mol. The van der Waals surface area contributed by atoms with Crippen LogP contribution in [0.15, 0.2) is 42.5 Å². The minimum Gasteiger partial charge on any atom is -0.466 e. The smallest absolute Gasteiger partial charge is 0.310 e. The van der Waals surface area contributed by atoms with Gasteiger partial charge in [-0.3, -0.25) is 4.79 Å². The highest BCUT2D eigenvalue weighted by Crippen LogP contribution is 2.59. The van der Waals surface area contributed by atoms with Gasteiger partial charge in [0, 0.05) is 0 Å². The highest BCUT2D eigenvalue weighted by molar-refractivity contribution is 5.78. The molecule has 2 unspecified atom stereocenters. The molecule has 1 saturated carbocycles. The number of carbonyl (C=O) groups excluding carboxylic acids is 1. The van der Waals surface area contributed by atoms with Gasteiger partial charge in [-0.15, -0.1) is 0 Å². The molecule has 1 fully saturated rings. The van der Waals surface area contributed by atoms with E-state index < -0.39 is 0 Å². The summed E-state index contributed by atoms with van der Waals surface area (Å²) >= 11 is 0. The second-order valence-corrected chi connectivity index (χ2v) is 5.69. The largest absolute Gasteiger partial charge is 0.466 e. The highest BCUT2D eigenvalue weighted by Gasteiger charge is 2.61. The van der Waals surface area contributed by atoms with Gasteiger partial charge in [-0.2, -0.15) is 0 Å². The highest BCUT2D eigenvalue weighted by atomic mass is 16.5. The Morgan fingerprint density at radius 2 is 2.00 bits per heavy atom. The average molecular weight is 258 g/mol. The van der Waals surface area contributed by atoms with Crippen LogP contribution in [0.5, 0.6) is 0 Å². The number of hydrogen-bond donors (Lipinski definition) is 0. The lowest BCUT2D eigenvalue weighted by Gasteiger charge is -2.01. The second kappa shape index (κ2) is 5.60. The van der Waals surface area contributed by atoms with E-state index in [0.717, 1.165) is 6.42 Å². The molecule has 0 bridgehead atoms. The van der Waals surface area contributed by atoms with E-state index in [9.17, 15) is 4.79 Å². The minimum absolute atomic E-state index is 0.0273. The maximum atomic E-state index is 11.8. The number of rotatable bonds is 5. The molecule has 2 nitrogen and oxygen atoms in total. The molecule has 1 aliphatic carbocycles. The van der Waals surface area contributed by atoms with Gasteiger partial charge in [0.25, 0.3) is 0 Å². The number of esters is 1. The molecule has 0 heterocycles. The fraction of sp³-hybridized carbons (Fsp3) is 0.471. The number of benzene rings is 1. The average Bonchev–Trinajstić information content (AvgIpc) is 2.93.